The van der Waals surface area contributed by atoms with Gasteiger partial charge in [-0.25, -0.2) is 4.79 Å². The minimum Gasteiger partial charge on any atom is -0.488 e. The van der Waals surface area contributed by atoms with Crippen molar-refractivity contribution in [2.75, 3.05) is 0 Å². The van der Waals surface area contributed by atoms with Gasteiger partial charge in [0.1, 0.15) is 18.5 Å². The molecule has 4 aromatic rings. The van der Waals surface area contributed by atoms with Crippen LogP contribution in [-0.4, -0.2) is 16.2 Å². The van der Waals surface area contributed by atoms with Crippen LogP contribution in [0.3, 0.4) is 0 Å². The number of carboxylic acid groups (broad SMARTS) is 1. The summed E-state index contributed by atoms with van der Waals surface area (Å²) in [7, 11) is 0. The van der Waals surface area contributed by atoms with Crippen molar-refractivity contribution in [3.05, 3.63) is 124 Å². The van der Waals surface area contributed by atoms with E-state index in [9.17, 15) is 9.90 Å². The van der Waals surface area contributed by atoms with Crippen LogP contribution in [0.2, 0.25) is 0 Å². The largest absolute Gasteiger partial charge is 0.488 e. The molecule has 0 amide bonds. The third-order valence-electron chi connectivity index (χ3n) is 6.42. The molecule has 0 bridgehead atoms. The van der Waals surface area contributed by atoms with Gasteiger partial charge in [-0.3, -0.25) is 0 Å². The van der Waals surface area contributed by atoms with E-state index >= 15 is 0 Å². The molecule has 4 aromatic carbocycles. The van der Waals surface area contributed by atoms with Gasteiger partial charge in [0.05, 0.1) is 5.56 Å². The Morgan fingerprint density at radius 2 is 1.53 bits per heavy atom. The lowest BCUT2D eigenvalue weighted by Gasteiger charge is -2.29. The molecule has 0 saturated carbocycles. The molecule has 2 N–H and O–H groups in total. The Kier molecular flexibility index (Phi) is 8.00. The molecule has 38 heavy (non-hydrogen) atoms. The fourth-order valence-corrected chi connectivity index (χ4v) is 4.60. The van der Waals surface area contributed by atoms with Crippen LogP contribution in [-0.2, 0) is 12.0 Å². The van der Waals surface area contributed by atoms with Gasteiger partial charge in [-0.05, 0) is 64.9 Å². The van der Waals surface area contributed by atoms with E-state index in [-0.39, 0.29) is 11.0 Å². The number of aliphatic hydroxyl groups excluding tert-OH is 1. The van der Waals surface area contributed by atoms with Gasteiger partial charge in [-0.2, -0.15) is 0 Å². The lowest BCUT2D eigenvalue weighted by Crippen LogP contribution is -2.18. The van der Waals surface area contributed by atoms with E-state index < -0.39 is 12.1 Å². The number of hydrogen-bond donors (Lipinski definition) is 2. The maximum atomic E-state index is 11.3. The Morgan fingerprint density at radius 1 is 0.921 bits per heavy atom. The number of aliphatic hydroxyl groups is 1. The summed E-state index contributed by atoms with van der Waals surface area (Å²) in [4.78, 5) is 11.1. The molecule has 192 valence electrons. The van der Waals surface area contributed by atoms with Crippen molar-refractivity contribution >= 4 is 5.97 Å². The molecular formula is C34H32O4. The summed E-state index contributed by atoms with van der Waals surface area (Å²) < 4.78 is 6.55. The monoisotopic (exact) mass is 504 g/mol. The predicted octanol–water partition coefficient (Wildman–Crippen LogP) is 7.32. The first-order valence-corrected chi connectivity index (χ1v) is 12.6. The molecule has 0 saturated heterocycles. The van der Waals surface area contributed by atoms with Gasteiger partial charge >= 0.3 is 5.97 Å². The van der Waals surface area contributed by atoms with E-state index in [2.05, 4.69) is 32.6 Å². The van der Waals surface area contributed by atoms with Crippen molar-refractivity contribution < 1.29 is 19.7 Å². The van der Waals surface area contributed by atoms with E-state index in [1.807, 2.05) is 73.7 Å². The Morgan fingerprint density at radius 3 is 2.11 bits per heavy atom. The fourth-order valence-electron chi connectivity index (χ4n) is 4.60. The summed E-state index contributed by atoms with van der Waals surface area (Å²) >= 11 is 0. The van der Waals surface area contributed by atoms with Crippen LogP contribution < -0.4 is 4.74 Å². The topological polar surface area (TPSA) is 66.8 Å². The summed E-state index contributed by atoms with van der Waals surface area (Å²) in [5, 5.41) is 20.4. The van der Waals surface area contributed by atoms with Gasteiger partial charge in [-0.1, -0.05) is 93.3 Å². The number of carboxylic acids is 1. The molecule has 0 aliphatic carbocycles. The number of carbonyl (C=O) groups is 1. The number of ether oxygens (including phenoxy) is 1. The second kappa shape index (κ2) is 11.4. The number of rotatable bonds is 6. The van der Waals surface area contributed by atoms with Gasteiger partial charge in [0, 0.05) is 16.7 Å². The quantitative estimate of drug-likeness (QED) is 0.270. The second-order valence-electron chi connectivity index (χ2n) is 10.3. The van der Waals surface area contributed by atoms with Crippen LogP contribution in [0.15, 0.2) is 91.0 Å². The second-order valence-corrected chi connectivity index (χ2v) is 10.3. The van der Waals surface area contributed by atoms with Crippen LogP contribution in [0, 0.1) is 18.8 Å². The highest BCUT2D eigenvalue weighted by molar-refractivity contribution is 5.87. The normalized spacial score (nSPS) is 11.8. The molecule has 4 heteroatoms. The van der Waals surface area contributed by atoms with E-state index in [4.69, 9.17) is 9.84 Å². The molecule has 0 radical (unpaired) electrons. The zero-order chi connectivity index (χ0) is 27.3. The van der Waals surface area contributed by atoms with Gasteiger partial charge < -0.3 is 14.9 Å². The van der Waals surface area contributed by atoms with E-state index in [1.165, 1.54) is 12.1 Å². The van der Waals surface area contributed by atoms with Gasteiger partial charge in [0.25, 0.3) is 0 Å². The maximum Gasteiger partial charge on any atom is 0.335 e. The summed E-state index contributed by atoms with van der Waals surface area (Å²) in [6, 6.07) is 28.4. The molecule has 0 aromatic heterocycles. The van der Waals surface area contributed by atoms with Gasteiger partial charge in [0.2, 0.25) is 0 Å². The van der Waals surface area contributed by atoms with Crippen molar-refractivity contribution in [3.63, 3.8) is 0 Å². The lowest BCUT2D eigenvalue weighted by molar-refractivity contribution is 0.0697. The molecule has 0 aliphatic heterocycles. The first kappa shape index (κ1) is 26.7. The average molecular weight is 505 g/mol. The first-order chi connectivity index (χ1) is 18.1. The molecule has 0 spiro atoms. The highest BCUT2D eigenvalue weighted by atomic mass is 16.5. The number of hydrogen-bond acceptors (Lipinski definition) is 3. The first-order valence-electron chi connectivity index (χ1n) is 12.6. The van der Waals surface area contributed by atoms with Crippen LogP contribution in [0.5, 0.6) is 5.75 Å². The summed E-state index contributed by atoms with van der Waals surface area (Å²) in [6.45, 7) is 8.87. The summed E-state index contributed by atoms with van der Waals surface area (Å²) in [5.74, 6) is 5.76. The maximum absolute atomic E-state index is 11.3. The smallest absolute Gasteiger partial charge is 0.335 e. The van der Waals surface area contributed by atoms with Gasteiger partial charge in [-0.15, -0.1) is 0 Å². The predicted molar refractivity (Wildman–Crippen MR) is 151 cm³/mol. The molecular weight excluding hydrogens is 472 g/mol. The molecule has 0 aliphatic rings. The summed E-state index contributed by atoms with van der Waals surface area (Å²) in [6.07, 6.45) is -1.04. The van der Waals surface area contributed by atoms with Crippen LogP contribution >= 0.6 is 0 Å². The van der Waals surface area contributed by atoms with E-state index in [0.717, 1.165) is 39.1 Å². The number of benzene rings is 4. The number of aromatic carboxylic acids is 1. The Labute approximate surface area is 224 Å². The highest BCUT2D eigenvalue weighted by Crippen LogP contribution is 2.44. The Hall–Kier alpha value is -4.33. The molecule has 4 nitrogen and oxygen atoms in total. The molecule has 1 atom stereocenters. The minimum absolute atomic E-state index is 0.195. The van der Waals surface area contributed by atoms with Crippen LogP contribution in [0.4, 0.5) is 0 Å². The zero-order valence-electron chi connectivity index (χ0n) is 22.2. The van der Waals surface area contributed by atoms with Crippen molar-refractivity contribution in [3.8, 4) is 28.7 Å². The van der Waals surface area contributed by atoms with Gasteiger partial charge in [0.15, 0.2) is 0 Å². The highest BCUT2D eigenvalue weighted by Gasteiger charge is 2.28. The summed E-state index contributed by atoms with van der Waals surface area (Å²) in [5.41, 5.74) is 6.21. The van der Waals surface area contributed by atoms with E-state index in [1.54, 1.807) is 12.1 Å². The fraction of sp³-hybridized carbons (Fsp3) is 0.206. The van der Waals surface area contributed by atoms with Crippen LogP contribution in [0.1, 0.15) is 65.1 Å². The molecule has 1 unspecified atom stereocenters. The third-order valence-corrected chi connectivity index (χ3v) is 6.42. The standard InChI is InChI=1S/C34H32O4/c1-23-28(30(35)20-17-24-15-18-27(19-16-24)33(36)37)21-29(26-13-9-6-10-14-26)32(31(23)34(2,3)4)38-22-25-11-7-5-8-12-25/h5-16,18-19,21,30,35H,22H2,1-4H3,(H,36,37). The molecule has 0 heterocycles. The Bertz CT molecular complexity index is 1470. The zero-order valence-corrected chi connectivity index (χ0v) is 22.2. The van der Waals surface area contributed by atoms with Crippen molar-refractivity contribution in [2.45, 2.75) is 45.8 Å². The van der Waals surface area contributed by atoms with Crippen molar-refractivity contribution in [1.29, 1.82) is 0 Å². The lowest BCUT2D eigenvalue weighted by atomic mass is 9.78. The molecule has 4 rings (SSSR count). The Balaban J connectivity index is 1.82. The van der Waals surface area contributed by atoms with E-state index in [0.29, 0.717) is 12.2 Å². The average Bonchev–Trinajstić information content (AvgIpc) is 2.91. The minimum atomic E-state index is -1.04. The van der Waals surface area contributed by atoms with Crippen LogP contribution in [0.25, 0.3) is 11.1 Å². The molecule has 0 fully saturated rings. The van der Waals surface area contributed by atoms with Crippen molar-refractivity contribution in [2.24, 2.45) is 0 Å². The SMILES string of the molecule is Cc1c(C(O)C#Cc2ccc(C(=O)O)cc2)cc(-c2ccccc2)c(OCc2ccccc2)c1C(C)(C)C. The van der Waals surface area contributed by atoms with Crippen molar-refractivity contribution in [1.82, 2.24) is 0 Å². The third kappa shape index (κ3) is 6.14.